The third kappa shape index (κ3) is 4.51. The first kappa shape index (κ1) is 19.9. The van der Waals surface area contributed by atoms with E-state index in [-0.39, 0.29) is 9.79 Å². The van der Waals surface area contributed by atoms with Crippen LogP contribution in [0, 0.1) is 12.8 Å². The van der Waals surface area contributed by atoms with Crippen LogP contribution in [0.25, 0.3) is 0 Å². The number of hydrogen-bond acceptors (Lipinski definition) is 4. The Morgan fingerprint density at radius 2 is 1.37 bits per heavy atom. The normalized spacial score (nSPS) is 17.0. The fraction of sp³-hybridized carbons (Fsp3) is 0.368. The van der Waals surface area contributed by atoms with Gasteiger partial charge in [0.1, 0.15) is 0 Å². The van der Waals surface area contributed by atoms with Crippen LogP contribution in [0.1, 0.15) is 25.3 Å². The monoisotopic (exact) mass is 408 g/mol. The highest BCUT2D eigenvalue weighted by atomic mass is 32.2. The van der Waals surface area contributed by atoms with Gasteiger partial charge in [0.25, 0.3) is 10.0 Å². The number of anilines is 1. The third-order valence-corrected chi connectivity index (χ3v) is 8.13. The minimum Gasteiger partial charge on any atom is -0.280 e. The molecule has 0 atom stereocenters. The quantitative estimate of drug-likeness (QED) is 0.823. The van der Waals surface area contributed by atoms with Crippen LogP contribution in [0.2, 0.25) is 0 Å². The van der Waals surface area contributed by atoms with Crippen molar-refractivity contribution in [2.24, 2.45) is 5.92 Å². The van der Waals surface area contributed by atoms with Crippen LogP contribution in [-0.2, 0) is 20.0 Å². The molecule has 1 heterocycles. The van der Waals surface area contributed by atoms with Gasteiger partial charge in [-0.1, -0.05) is 24.6 Å². The molecule has 0 spiro atoms. The Labute approximate surface area is 161 Å². The molecule has 1 N–H and O–H groups in total. The standard InChI is InChI=1S/C19H24N2O4S2/c1-15-3-7-18(8-4-15)26(22,23)20-17-5-9-19(10-6-17)27(24,25)21-13-11-16(2)12-14-21/h3-10,16,20H,11-14H2,1-2H3. The summed E-state index contributed by atoms with van der Waals surface area (Å²) in [4.78, 5) is 0.336. The van der Waals surface area contributed by atoms with E-state index in [9.17, 15) is 16.8 Å². The van der Waals surface area contributed by atoms with Crippen LogP contribution in [0.5, 0.6) is 0 Å². The van der Waals surface area contributed by atoms with Gasteiger partial charge in [0, 0.05) is 18.8 Å². The predicted molar refractivity (Wildman–Crippen MR) is 106 cm³/mol. The summed E-state index contributed by atoms with van der Waals surface area (Å²) in [5.74, 6) is 0.537. The van der Waals surface area contributed by atoms with Crippen molar-refractivity contribution >= 4 is 25.7 Å². The Morgan fingerprint density at radius 1 is 0.852 bits per heavy atom. The van der Waals surface area contributed by atoms with Crippen molar-refractivity contribution in [3.05, 3.63) is 54.1 Å². The molecule has 146 valence electrons. The summed E-state index contributed by atoms with van der Waals surface area (Å²) in [6, 6.07) is 12.4. The SMILES string of the molecule is Cc1ccc(S(=O)(=O)Nc2ccc(S(=O)(=O)N3CCC(C)CC3)cc2)cc1. The molecule has 0 saturated carbocycles. The first-order valence-electron chi connectivity index (χ1n) is 8.88. The number of piperidine rings is 1. The van der Waals surface area contributed by atoms with Gasteiger partial charge in [0.2, 0.25) is 10.0 Å². The summed E-state index contributed by atoms with van der Waals surface area (Å²) in [6.07, 6.45) is 1.71. The van der Waals surface area contributed by atoms with Crippen molar-refractivity contribution in [2.45, 2.75) is 36.5 Å². The van der Waals surface area contributed by atoms with E-state index in [2.05, 4.69) is 11.6 Å². The molecular formula is C19H24N2O4S2. The highest BCUT2D eigenvalue weighted by Gasteiger charge is 2.28. The van der Waals surface area contributed by atoms with Crippen LogP contribution in [0.4, 0.5) is 5.69 Å². The van der Waals surface area contributed by atoms with E-state index in [4.69, 9.17) is 0 Å². The summed E-state index contributed by atoms with van der Waals surface area (Å²) >= 11 is 0. The predicted octanol–water partition coefficient (Wildman–Crippen LogP) is 3.22. The van der Waals surface area contributed by atoms with Crippen LogP contribution < -0.4 is 4.72 Å². The summed E-state index contributed by atoms with van der Waals surface area (Å²) in [6.45, 7) is 5.04. The highest BCUT2D eigenvalue weighted by Crippen LogP contribution is 2.25. The van der Waals surface area contributed by atoms with Crippen molar-refractivity contribution < 1.29 is 16.8 Å². The molecule has 1 aliphatic heterocycles. The Bertz CT molecular complexity index is 991. The van der Waals surface area contributed by atoms with E-state index in [0.717, 1.165) is 18.4 Å². The molecule has 2 aromatic rings. The van der Waals surface area contributed by atoms with Gasteiger partial charge in [-0.05, 0) is 62.1 Å². The summed E-state index contributed by atoms with van der Waals surface area (Å²) < 4.78 is 54.3. The second-order valence-electron chi connectivity index (χ2n) is 7.03. The molecule has 0 aliphatic carbocycles. The first-order valence-corrected chi connectivity index (χ1v) is 11.8. The van der Waals surface area contributed by atoms with Gasteiger partial charge >= 0.3 is 0 Å². The fourth-order valence-electron chi connectivity index (χ4n) is 3.00. The lowest BCUT2D eigenvalue weighted by Gasteiger charge is -2.29. The van der Waals surface area contributed by atoms with E-state index < -0.39 is 20.0 Å². The van der Waals surface area contributed by atoms with E-state index in [1.807, 2.05) is 6.92 Å². The van der Waals surface area contributed by atoms with E-state index in [1.165, 1.54) is 40.7 Å². The highest BCUT2D eigenvalue weighted by molar-refractivity contribution is 7.92. The van der Waals surface area contributed by atoms with Gasteiger partial charge < -0.3 is 0 Å². The Balaban J connectivity index is 1.76. The number of sulfonamides is 2. The lowest BCUT2D eigenvalue weighted by Crippen LogP contribution is -2.37. The van der Waals surface area contributed by atoms with Crippen molar-refractivity contribution in [1.82, 2.24) is 4.31 Å². The van der Waals surface area contributed by atoms with Crippen molar-refractivity contribution in [1.29, 1.82) is 0 Å². The zero-order chi connectivity index (χ0) is 19.7. The van der Waals surface area contributed by atoms with E-state index in [0.29, 0.717) is 24.7 Å². The van der Waals surface area contributed by atoms with Crippen molar-refractivity contribution in [3.8, 4) is 0 Å². The molecule has 0 amide bonds. The second kappa shape index (κ2) is 7.61. The smallest absolute Gasteiger partial charge is 0.261 e. The maximum atomic E-state index is 12.7. The summed E-state index contributed by atoms with van der Waals surface area (Å²) in [7, 11) is -7.26. The molecule has 27 heavy (non-hydrogen) atoms. The Kier molecular flexibility index (Phi) is 5.60. The topological polar surface area (TPSA) is 83.5 Å². The van der Waals surface area contributed by atoms with Gasteiger partial charge in [0.05, 0.1) is 9.79 Å². The lowest BCUT2D eigenvalue weighted by molar-refractivity contribution is 0.288. The molecule has 0 unspecified atom stereocenters. The largest absolute Gasteiger partial charge is 0.280 e. The van der Waals surface area contributed by atoms with E-state index >= 15 is 0 Å². The maximum absolute atomic E-state index is 12.7. The van der Waals surface area contributed by atoms with Crippen molar-refractivity contribution in [2.75, 3.05) is 17.8 Å². The Morgan fingerprint density at radius 3 is 1.93 bits per heavy atom. The number of rotatable bonds is 5. The molecule has 1 saturated heterocycles. The van der Waals surface area contributed by atoms with Crippen LogP contribution >= 0.6 is 0 Å². The van der Waals surface area contributed by atoms with Crippen LogP contribution in [-0.4, -0.2) is 34.2 Å². The zero-order valence-electron chi connectivity index (χ0n) is 15.4. The average Bonchev–Trinajstić information content (AvgIpc) is 2.62. The third-order valence-electron chi connectivity index (χ3n) is 4.82. The number of benzene rings is 2. The molecular weight excluding hydrogens is 384 g/mol. The molecule has 8 heteroatoms. The molecule has 0 radical (unpaired) electrons. The number of nitrogens with zero attached hydrogens (tertiary/aromatic N) is 1. The molecule has 1 fully saturated rings. The van der Waals surface area contributed by atoms with Crippen LogP contribution in [0.3, 0.4) is 0 Å². The Hall–Kier alpha value is -1.90. The lowest BCUT2D eigenvalue weighted by atomic mass is 10.0. The molecule has 0 aromatic heterocycles. The van der Waals surface area contributed by atoms with Gasteiger partial charge in [-0.2, -0.15) is 4.31 Å². The zero-order valence-corrected chi connectivity index (χ0v) is 17.1. The molecule has 0 bridgehead atoms. The maximum Gasteiger partial charge on any atom is 0.261 e. The minimum atomic E-state index is -3.71. The van der Waals surface area contributed by atoms with Gasteiger partial charge in [-0.3, -0.25) is 4.72 Å². The molecule has 6 nitrogen and oxygen atoms in total. The molecule has 3 rings (SSSR count). The first-order chi connectivity index (χ1) is 12.7. The minimum absolute atomic E-state index is 0.159. The van der Waals surface area contributed by atoms with Crippen LogP contribution in [0.15, 0.2) is 58.3 Å². The number of hydrogen-bond donors (Lipinski definition) is 1. The average molecular weight is 409 g/mol. The van der Waals surface area contributed by atoms with E-state index in [1.54, 1.807) is 12.1 Å². The number of aryl methyl sites for hydroxylation is 1. The van der Waals surface area contributed by atoms with Gasteiger partial charge in [0.15, 0.2) is 0 Å². The fourth-order valence-corrected chi connectivity index (χ4v) is 5.53. The van der Waals surface area contributed by atoms with Gasteiger partial charge in [-0.25, -0.2) is 16.8 Å². The second-order valence-corrected chi connectivity index (χ2v) is 10.6. The summed E-state index contributed by atoms with van der Waals surface area (Å²) in [5.41, 5.74) is 1.29. The van der Waals surface area contributed by atoms with Crippen molar-refractivity contribution in [3.63, 3.8) is 0 Å². The number of nitrogens with one attached hydrogen (secondary N) is 1. The molecule has 1 aliphatic rings. The van der Waals surface area contributed by atoms with Gasteiger partial charge in [-0.15, -0.1) is 0 Å². The molecule has 2 aromatic carbocycles. The summed E-state index contributed by atoms with van der Waals surface area (Å²) in [5, 5.41) is 0.